The summed E-state index contributed by atoms with van der Waals surface area (Å²) >= 11 is 0. The Morgan fingerprint density at radius 2 is 2.05 bits per heavy atom. The van der Waals surface area contributed by atoms with E-state index in [9.17, 15) is 4.39 Å². The van der Waals surface area contributed by atoms with Crippen LogP contribution in [-0.2, 0) is 18.9 Å². The predicted octanol–water partition coefficient (Wildman–Crippen LogP) is 2.97. The van der Waals surface area contributed by atoms with Crippen molar-refractivity contribution in [2.75, 3.05) is 33.7 Å². The van der Waals surface area contributed by atoms with E-state index in [2.05, 4.69) is 13.2 Å². The number of rotatable bonds is 12. The zero-order valence-corrected chi connectivity index (χ0v) is 11.7. The molecule has 0 aliphatic heterocycles. The summed E-state index contributed by atoms with van der Waals surface area (Å²) in [6.45, 7) is 9.91. The number of ether oxygens (including phenoxy) is 4. The maximum atomic E-state index is 13.7. The van der Waals surface area contributed by atoms with Crippen molar-refractivity contribution in [1.82, 2.24) is 0 Å². The van der Waals surface area contributed by atoms with Crippen LogP contribution in [0.4, 0.5) is 4.39 Å². The minimum Gasteiger partial charge on any atom is -0.466 e. The quantitative estimate of drug-likeness (QED) is 0.180. The van der Waals surface area contributed by atoms with Crippen LogP contribution >= 0.6 is 0 Å². The Morgan fingerprint density at radius 3 is 2.58 bits per heavy atom. The molecule has 0 aromatic rings. The second kappa shape index (κ2) is 11.9. The van der Waals surface area contributed by atoms with Crippen molar-refractivity contribution in [3.8, 4) is 0 Å². The van der Waals surface area contributed by atoms with E-state index in [1.54, 1.807) is 13.2 Å². The Hall–Kier alpha value is -1.17. The van der Waals surface area contributed by atoms with Crippen LogP contribution in [0.1, 0.15) is 13.3 Å². The van der Waals surface area contributed by atoms with Crippen molar-refractivity contribution < 1.29 is 23.3 Å². The minimum atomic E-state index is -0.550. The van der Waals surface area contributed by atoms with Crippen molar-refractivity contribution in [3.63, 3.8) is 0 Å². The number of halogens is 1. The van der Waals surface area contributed by atoms with Gasteiger partial charge in [0.2, 0.25) is 0 Å². The molecule has 5 heteroatoms. The van der Waals surface area contributed by atoms with E-state index >= 15 is 0 Å². The van der Waals surface area contributed by atoms with Crippen LogP contribution in [0.2, 0.25) is 0 Å². The fourth-order valence-corrected chi connectivity index (χ4v) is 1.29. The lowest BCUT2D eigenvalue weighted by molar-refractivity contribution is -0.0640. The van der Waals surface area contributed by atoms with E-state index in [0.29, 0.717) is 26.2 Å². The van der Waals surface area contributed by atoms with Crippen LogP contribution in [0.3, 0.4) is 0 Å². The van der Waals surface area contributed by atoms with Gasteiger partial charge in [-0.3, -0.25) is 0 Å². The van der Waals surface area contributed by atoms with E-state index in [-0.39, 0.29) is 12.6 Å². The molecule has 0 saturated heterocycles. The zero-order chi connectivity index (χ0) is 14.5. The van der Waals surface area contributed by atoms with E-state index < -0.39 is 11.9 Å². The molecular weight excluding hydrogens is 251 g/mol. The molecule has 4 nitrogen and oxygen atoms in total. The molecule has 0 aliphatic rings. The lowest BCUT2D eigenvalue weighted by Gasteiger charge is -2.20. The molecular formula is C14H23FO4. The first kappa shape index (κ1) is 17.8. The predicted molar refractivity (Wildman–Crippen MR) is 72.3 cm³/mol. The van der Waals surface area contributed by atoms with Gasteiger partial charge >= 0.3 is 0 Å². The topological polar surface area (TPSA) is 36.9 Å². The first-order chi connectivity index (χ1) is 9.21. The SMILES string of the molecule is C=CCOC(CC)/C(OCOCCOC)=C(\F)C=C. The highest BCUT2D eigenvalue weighted by Crippen LogP contribution is 2.19. The number of hydrogen-bond donors (Lipinski definition) is 0. The molecule has 110 valence electrons. The molecule has 0 radical (unpaired) electrons. The van der Waals surface area contributed by atoms with Gasteiger partial charge in [0.1, 0.15) is 6.10 Å². The minimum absolute atomic E-state index is 0.0616. The third kappa shape index (κ3) is 7.77. The Morgan fingerprint density at radius 1 is 1.32 bits per heavy atom. The lowest BCUT2D eigenvalue weighted by Crippen LogP contribution is -2.20. The maximum Gasteiger partial charge on any atom is 0.188 e. The van der Waals surface area contributed by atoms with Crippen molar-refractivity contribution in [2.24, 2.45) is 0 Å². The molecule has 19 heavy (non-hydrogen) atoms. The molecule has 0 aromatic carbocycles. The molecule has 0 spiro atoms. The van der Waals surface area contributed by atoms with Gasteiger partial charge in [-0.05, 0) is 12.5 Å². The fraction of sp³-hybridized carbons (Fsp3) is 0.571. The Bertz CT molecular complexity index is 289. The molecule has 1 unspecified atom stereocenters. The van der Waals surface area contributed by atoms with Crippen molar-refractivity contribution in [1.29, 1.82) is 0 Å². The summed E-state index contributed by atoms with van der Waals surface area (Å²) in [5.41, 5.74) is 0. The highest BCUT2D eigenvalue weighted by Gasteiger charge is 2.18. The molecule has 0 amide bonds. The molecule has 0 bridgehead atoms. The van der Waals surface area contributed by atoms with Crippen LogP contribution in [0.25, 0.3) is 0 Å². The van der Waals surface area contributed by atoms with Crippen LogP contribution in [0.15, 0.2) is 36.9 Å². The third-order valence-electron chi connectivity index (χ3n) is 2.22. The van der Waals surface area contributed by atoms with Gasteiger partial charge in [-0.15, -0.1) is 6.58 Å². The summed E-state index contributed by atoms with van der Waals surface area (Å²) < 4.78 is 34.4. The maximum absolute atomic E-state index is 13.7. The van der Waals surface area contributed by atoms with Gasteiger partial charge in [0.25, 0.3) is 0 Å². The zero-order valence-electron chi connectivity index (χ0n) is 11.7. The van der Waals surface area contributed by atoms with Crippen LogP contribution in [0, 0.1) is 0 Å². The van der Waals surface area contributed by atoms with Crippen LogP contribution < -0.4 is 0 Å². The summed E-state index contributed by atoms with van der Waals surface area (Å²) in [6.07, 6.45) is 2.77. The van der Waals surface area contributed by atoms with Crippen molar-refractivity contribution in [3.05, 3.63) is 36.9 Å². The molecule has 0 rings (SSSR count). The summed E-state index contributed by atoms with van der Waals surface area (Å²) in [5.74, 6) is -0.456. The van der Waals surface area contributed by atoms with Gasteiger partial charge in [-0.1, -0.05) is 19.6 Å². The number of allylic oxidation sites excluding steroid dienone is 2. The van der Waals surface area contributed by atoms with Crippen molar-refractivity contribution in [2.45, 2.75) is 19.4 Å². The average Bonchev–Trinajstić information content (AvgIpc) is 2.44. The van der Waals surface area contributed by atoms with E-state index in [0.717, 1.165) is 6.08 Å². The van der Waals surface area contributed by atoms with E-state index in [4.69, 9.17) is 18.9 Å². The summed E-state index contributed by atoms with van der Waals surface area (Å²) in [5, 5.41) is 0. The van der Waals surface area contributed by atoms with E-state index in [1.165, 1.54) is 0 Å². The van der Waals surface area contributed by atoms with Gasteiger partial charge in [0.05, 0.1) is 19.8 Å². The molecule has 0 heterocycles. The second-order valence-corrected chi connectivity index (χ2v) is 3.60. The van der Waals surface area contributed by atoms with Gasteiger partial charge in [-0.2, -0.15) is 0 Å². The lowest BCUT2D eigenvalue weighted by atomic mass is 10.2. The number of methoxy groups -OCH3 is 1. The first-order valence-electron chi connectivity index (χ1n) is 6.15. The normalized spacial score (nSPS) is 13.6. The molecule has 0 fully saturated rings. The first-order valence-corrected chi connectivity index (χ1v) is 6.15. The summed E-state index contributed by atoms with van der Waals surface area (Å²) in [4.78, 5) is 0. The molecule has 0 aliphatic carbocycles. The number of hydrogen-bond acceptors (Lipinski definition) is 4. The smallest absolute Gasteiger partial charge is 0.188 e. The molecule has 1 atom stereocenters. The molecule has 0 N–H and O–H groups in total. The Kier molecular flexibility index (Phi) is 11.2. The largest absolute Gasteiger partial charge is 0.466 e. The monoisotopic (exact) mass is 274 g/mol. The fourth-order valence-electron chi connectivity index (χ4n) is 1.29. The van der Waals surface area contributed by atoms with Crippen LogP contribution in [-0.4, -0.2) is 39.8 Å². The van der Waals surface area contributed by atoms with Crippen molar-refractivity contribution >= 4 is 0 Å². The standard InChI is InChI=1S/C14H23FO4/c1-5-8-18-13(7-3)14(12(15)6-2)19-11-17-10-9-16-4/h5-6,13H,1-2,7-11H2,3-4H3/b14-12+. The molecule has 0 aromatic heterocycles. The Balaban J connectivity index is 4.45. The summed E-state index contributed by atoms with van der Waals surface area (Å²) in [6, 6.07) is 0. The molecule has 0 saturated carbocycles. The highest BCUT2D eigenvalue weighted by atomic mass is 19.1. The van der Waals surface area contributed by atoms with Gasteiger partial charge in [0, 0.05) is 7.11 Å². The van der Waals surface area contributed by atoms with Gasteiger partial charge in [-0.25, -0.2) is 4.39 Å². The average molecular weight is 274 g/mol. The van der Waals surface area contributed by atoms with Gasteiger partial charge in [0.15, 0.2) is 18.4 Å². The van der Waals surface area contributed by atoms with Crippen LogP contribution in [0.5, 0.6) is 0 Å². The highest BCUT2D eigenvalue weighted by molar-refractivity contribution is 5.16. The summed E-state index contributed by atoms with van der Waals surface area (Å²) in [7, 11) is 1.57. The van der Waals surface area contributed by atoms with E-state index in [1.807, 2.05) is 6.92 Å². The Labute approximate surface area is 114 Å². The third-order valence-corrected chi connectivity index (χ3v) is 2.22. The second-order valence-electron chi connectivity index (χ2n) is 3.60. The van der Waals surface area contributed by atoms with Gasteiger partial charge < -0.3 is 18.9 Å².